The molecule has 0 unspecified atom stereocenters. The number of nitrogens with zero attached hydrogens (tertiary/aromatic N) is 2. The van der Waals surface area contributed by atoms with Crippen molar-refractivity contribution in [2.75, 3.05) is 5.32 Å². The number of carbonyl (C=O) groups excluding carboxylic acids is 2. The van der Waals surface area contributed by atoms with E-state index in [4.69, 9.17) is 4.74 Å². The first-order valence-corrected chi connectivity index (χ1v) is 9.12. The third kappa shape index (κ3) is 4.87. The predicted octanol–water partition coefficient (Wildman–Crippen LogP) is 3.82. The molecule has 1 amide bonds. The molecule has 2 N–H and O–H groups in total. The van der Waals surface area contributed by atoms with Crippen LogP contribution in [0.25, 0.3) is 0 Å². The molecule has 144 valence electrons. The minimum Gasteiger partial charge on any atom is -0.508 e. The summed E-state index contributed by atoms with van der Waals surface area (Å²) in [6, 6.07) is 8.20. The molecule has 1 aliphatic rings. The van der Waals surface area contributed by atoms with E-state index in [1.165, 1.54) is 16.8 Å². The van der Waals surface area contributed by atoms with Gasteiger partial charge in [0.05, 0.1) is 12.1 Å². The maximum absolute atomic E-state index is 12.5. The van der Waals surface area contributed by atoms with Crippen molar-refractivity contribution in [3.05, 3.63) is 41.6 Å². The quantitative estimate of drug-likeness (QED) is 0.852. The number of aromatic hydroxyl groups is 1. The highest BCUT2D eigenvalue weighted by molar-refractivity contribution is 5.91. The summed E-state index contributed by atoms with van der Waals surface area (Å²) >= 11 is 0. The Labute approximate surface area is 158 Å². The van der Waals surface area contributed by atoms with E-state index in [-0.39, 0.29) is 24.0 Å². The third-order valence-corrected chi connectivity index (χ3v) is 4.40. The Balaban J connectivity index is 1.74. The summed E-state index contributed by atoms with van der Waals surface area (Å²) in [5.41, 5.74) is 0.925. The van der Waals surface area contributed by atoms with Crippen molar-refractivity contribution in [3.63, 3.8) is 0 Å². The minimum absolute atomic E-state index is 0.151. The fourth-order valence-corrected chi connectivity index (χ4v) is 2.89. The molecule has 1 aromatic carbocycles. The van der Waals surface area contributed by atoms with Crippen molar-refractivity contribution >= 4 is 17.8 Å². The van der Waals surface area contributed by atoms with Crippen LogP contribution in [0.4, 0.5) is 10.6 Å². The summed E-state index contributed by atoms with van der Waals surface area (Å²) in [6.07, 6.45) is 2.72. The zero-order valence-electron chi connectivity index (χ0n) is 15.9. The summed E-state index contributed by atoms with van der Waals surface area (Å²) < 4.78 is 6.70. The molecule has 1 aliphatic carbocycles. The maximum Gasteiger partial charge on any atom is 0.435 e. The van der Waals surface area contributed by atoms with Crippen molar-refractivity contribution in [3.8, 4) is 5.75 Å². The van der Waals surface area contributed by atoms with Crippen LogP contribution in [0.15, 0.2) is 30.3 Å². The second-order valence-corrected chi connectivity index (χ2v) is 7.87. The number of hydrogen-bond donors (Lipinski definition) is 2. The van der Waals surface area contributed by atoms with E-state index in [0.717, 1.165) is 30.5 Å². The lowest BCUT2D eigenvalue weighted by Crippen LogP contribution is -2.30. The average Bonchev–Trinajstić information content (AvgIpc) is 2.89. The van der Waals surface area contributed by atoms with Gasteiger partial charge in [0.1, 0.15) is 11.4 Å². The number of amides is 1. The fraction of sp³-hybridized carbons (Fsp3) is 0.450. The molecule has 0 spiro atoms. The van der Waals surface area contributed by atoms with Crippen LogP contribution in [0.3, 0.4) is 0 Å². The lowest BCUT2D eigenvalue weighted by atomic mass is 9.83. The lowest BCUT2D eigenvalue weighted by Gasteiger charge is -2.26. The second kappa shape index (κ2) is 7.42. The molecule has 0 bridgehead atoms. The van der Waals surface area contributed by atoms with Gasteiger partial charge >= 0.3 is 6.09 Å². The maximum atomic E-state index is 12.5. The van der Waals surface area contributed by atoms with E-state index in [9.17, 15) is 14.7 Å². The first-order valence-electron chi connectivity index (χ1n) is 9.12. The molecule has 2 aromatic rings. The topological polar surface area (TPSA) is 93.5 Å². The Bertz CT molecular complexity index is 830. The third-order valence-electron chi connectivity index (χ3n) is 4.40. The molecule has 7 nitrogen and oxygen atoms in total. The molecule has 3 rings (SSSR count). The molecule has 27 heavy (non-hydrogen) atoms. The van der Waals surface area contributed by atoms with Gasteiger partial charge in [0.15, 0.2) is 5.82 Å². The van der Waals surface area contributed by atoms with Crippen LogP contribution in [-0.2, 0) is 16.0 Å². The zero-order chi connectivity index (χ0) is 19.6. The van der Waals surface area contributed by atoms with Gasteiger partial charge in [-0.3, -0.25) is 4.79 Å². The van der Waals surface area contributed by atoms with Crippen LogP contribution in [0.2, 0.25) is 0 Å². The molecular weight excluding hydrogens is 346 g/mol. The normalized spacial score (nSPS) is 14.5. The number of nitrogens with one attached hydrogen (secondary N) is 1. The SMILES string of the molecule is CC(C)(C)OC(=O)n1nc(NC(=O)Cc2ccc(O)cc2)cc1C1CCC1. The Hall–Kier alpha value is -2.83. The highest BCUT2D eigenvalue weighted by Gasteiger charge is 2.29. The number of phenolic OH excluding ortho intramolecular Hbond substituents is 1. The van der Waals surface area contributed by atoms with Gasteiger partial charge < -0.3 is 15.2 Å². The second-order valence-electron chi connectivity index (χ2n) is 7.87. The average molecular weight is 371 g/mol. The van der Waals surface area contributed by atoms with Crippen molar-refractivity contribution in [1.29, 1.82) is 0 Å². The molecule has 7 heteroatoms. The Morgan fingerprint density at radius 1 is 1.26 bits per heavy atom. The van der Waals surface area contributed by atoms with E-state index in [1.54, 1.807) is 39.0 Å². The molecule has 1 saturated carbocycles. The molecule has 1 fully saturated rings. The van der Waals surface area contributed by atoms with Gasteiger partial charge in [0.25, 0.3) is 0 Å². The first-order chi connectivity index (χ1) is 12.7. The van der Waals surface area contributed by atoms with Gasteiger partial charge in [-0.1, -0.05) is 18.6 Å². The Morgan fingerprint density at radius 3 is 2.48 bits per heavy atom. The molecule has 0 radical (unpaired) electrons. The van der Waals surface area contributed by atoms with Crippen LogP contribution in [0, 0.1) is 0 Å². The van der Waals surface area contributed by atoms with E-state index in [0.29, 0.717) is 5.82 Å². The highest BCUT2D eigenvalue weighted by atomic mass is 16.6. The number of rotatable bonds is 4. The molecular formula is C20H25N3O4. The number of hydrogen-bond acceptors (Lipinski definition) is 5. The number of carbonyl (C=O) groups is 2. The highest BCUT2D eigenvalue weighted by Crippen LogP contribution is 2.37. The van der Waals surface area contributed by atoms with Crippen molar-refractivity contribution in [2.45, 2.75) is 58.0 Å². The minimum atomic E-state index is -0.623. The van der Waals surface area contributed by atoms with Crippen molar-refractivity contribution < 1.29 is 19.4 Å². The van der Waals surface area contributed by atoms with Gasteiger partial charge in [0, 0.05) is 12.0 Å². The van der Waals surface area contributed by atoms with E-state index in [1.807, 2.05) is 0 Å². The lowest BCUT2D eigenvalue weighted by molar-refractivity contribution is -0.115. The van der Waals surface area contributed by atoms with Gasteiger partial charge in [-0.25, -0.2) is 4.79 Å². The van der Waals surface area contributed by atoms with E-state index in [2.05, 4.69) is 10.4 Å². The number of ether oxygens (including phenoxy) is 1. The van der Waals surface area contributed by atoms with Crippen molar-refractivity contribution in [2.24, 2.45) is 0 Å². The number of phenols is 1. The smallest absolute Gasteiger partial charge is 0.435 e. The molecule has 1 aromatic heterocycles. The zero-order valence-corrected chi connectivity index (χ0v) is 15.9. The predicted molar refractivity (Wildman–Crippen MR) is 101 cm³/mol. The molecule has 0 atom stereocenters. The number of aromatic nitrogens is 2. The van der Waals surface area contributed by atoms with Crippen molar-refractivity contribution in [1.82, 2.24) is 9.78 Å². The summed E-state index contributed by atoms with van der Waals surface area (Å²) in [4.78, 5) is 24.8. The monoisotopic (exact) mass is 371 g/mol. The summed E-state index contributed by atoms with van der Waals surface area (Å²) in [7, 11) is 0. The van der Waals surface area contributed by atoms with Gasteiger partial charge in [-0.15, -0.1) is 5.10 Å². The summed E-state index contributed by atoms with van der Waals surface area (Å²) in [6.45, 7) is 5.41. The van der Waals surface area contributed by atoms with Crippen LogP contribution < -0.4 is 5.32 Å². The van der Waals surface area contributed by atoms with E-state index < -0.39 is 11.7 Å². The summed E-state index contributed by atoms with van der Waals surface area (Å²) in [5, 5.41) is 16.3. The first kappa shape index (κ1) is 18.9. The molecule has 0 saturated heterocycles. The van der Waals surface area contributed by atoms with Crippen LogP contribution >= 0.6 is 0 Å². The van der Waals surface area contributed by atoms with Gasteiger partial charge in [-0.05, 0) is 51.3 Å². The summed E-state index contributed by atoms with van der Waals surface area (Å²) in [5.74, 6) is 0.509. The largest absolute Gasteiger partial charge is 0.508 e. The Morgan fingerprint density at radius 2 is 1.93 bits per heavy atom. The number of benzene rings is 1. The fourth-order valence-electron chi connectivity index (χ4n) is 2.89. The number of anilines is 1. The standard InChI is InChI=1S/C20H25N3O4/c1-20(2,3)27-19(26)23-16(14-5-4-6-14)12-17(22-23)21-18(25)11-13-7-9-15(24)10-8-13/h7-10,12,14,24H,4-6,11H2,1-3H3,(H,21,22,25). The van der Waals surface area contributed by atoms with Crippen LogP contribution in [0.5, 0.6) is 5.75 Å². The van der Waals surface area contributed by atoms with Crippen LogP contribution in [0.1, 0.15) is 57.2 Å². The van der Waals surface area contributed by atoms with Crippen LogP contribution in [-0.4, -0.2) is 32.5 Å². The molecule has 0 aliphatic heterocycles. The van der Waals surface area contributed by atoms with Gasteiger partial charge in [0.2, 0.25) is 5.91 Å². The van der Waals surface area contributed by atoms with E-state index >= 15 is 0 Å². The Kier molecular flexibility index (Phi) is 5.21. The molecule has 1 heterocycles. The van der Waals surface area contributed by atoms with Gasteiger partial charge in [-0.2, -0.15) is 4.68 Å².